The molecule has 3 N–H and O–H groups in total. The highest BCUT2D eigenvalue weighted by atomic mass is 19.1. The van der Waals surface area contributed by atoms with E-state index in [1.165, 1.54) is 0 Å². The molecule has 0 aliphatic carbocycles. The third-order valence-corrected chi connectivity index (χ3v) is 2.85. The van der Waals surface area contributed by atoms with Gasteiger partial charge in [0.15, 0.2) is 0 Å². The van der Waals surface area contributed by atoms with Gasteiger partial charge in [-0.2, -0.15) is 0 Å². The molecule has 0 saturated carbocycles. The van der Waals surface area contributed by atoms with Crippen LogP contribution in [0.1, 0.15) is 11.7 Å². The van der Waals surface area contributed by atoms with Crippen LogP contribution in [0.25, 0.3) is 11.1 Å². The van der Waals surface area contributed by atoms with Gasteiger partial charge in [-0.15, -0.1) is 0 Å². The second kappa shape index (κ2) is 5.71. The van der Waals surface area contributed by atoms with Crippen molar-refractivity contribution in [1.29, 1.82) is 0 Å². The number of hydrogen-bond donors (Lipinski definition) is 2. The van der Waals surface area contributed by atoms with E-state index in [-0.39, 0.29) is 0 Å². The van der Waals surface area contributed by atoms with E-state index in [0.717, 1.165) is 11.1 Å². The fraction of sp³-hybridized carbons (Fsp3) is 0.214. The zero-order valence-electron chi connectivity index (χ0n) is 9.83. The summed E-state index contributed by atoms with van der Waals surface area (Å²) in [5.41, 5.74) is 8.15. The van der Waals surface area contributed by atoms with Crippen molar-refractivity contribution in [3.8, 4) is 11.1 Å². The topological polar surface area (TPSA) is 59.1 Å². The van der Waals surface area contributed by atoms with E-state index < -0.39 is 18.8 Å². The largest absolute Gasteiger partial charge is 0.387 e. The third kappa shape index (κ3) is 2.72. The van der Waals surface area contributed by atoms with Gasteiger partial charge in [0.2, 0.25) is 0 Å². The van der Waals surface area contributed by atoms with E-state index in [4.69, 9.17) is 5.73 Å². The fourth-order valence-corrected chi connectivity index (χ4v) is 1.75. The van der Waals surface area contributed by atoms with Crippen LogP contribution in [0.15, 0.2) is 48.8 Å². The predicted molar refractivity (Wildman–Crippen MR) is 68.6 cm³/mol. The highest BCUT2D eigenvalue weighted by molar-refractivity contribution is 5.62. The van der Waals surface area contributed by atoms with E-state index >= 15 is 0 Å². The van der Waals surface area contributed by atoms with Gasteiger partial charge in [0.25, 0.3) is 0 Å². The van der Waals surface area contributed by atoms with Crippen LogP contribution in [0.2, 0.25) is 0 Å². The molecule has 0 bridgehead atoms. The first-order valence-electron chi connectivity index (χ1n) is 5.72. The van der Waals surface area contributed by atoms with Crippen LogP contribution < -0.4 is 5.73 Å². The third-order valence-electron chi connectivity index (χ3n) is 2.85. The van der Waals surface area contributed by atoms with Crippen LogP contribution in [0, 0.1) is 0 Å². The molecule has 94 valence electrons. The fourth-order valence-electron chi connectivity index (χ4n) is 1.75. The Morgan fingerprint density at radius 2 is 1.61 bits per heavy atom. The van der Waals surface area contributed by atoms with Crippen molar-refractivity contribution >= 4 is 0 Å². The van der Waals surface area contributed by atoms with Crippen molar-refractivity contribution < 1.29 is 9.50 Å². The smallest absolute Gasteiger partial charge is 0.107 e. The van der Waals surface area contributed by atoms with Crippen LogP contribution in [-0.2, 0) is 0 Å². The van der Waals surface area contributed by atoms with E-state index in [9.17, 15) is 9.50 Å². The van der Waals surface area contributed by atoms with Crippen molar-refractivity contribution in [2.24, 2.45) is 5.73 Å². The number of alkyl halides is 1. The number of halogens is 1. The Hall–Kier alpha value is -1.78. The monoisotopic (exact) mass is 246 g/mol. The molecule has 1 aromatic carbocycles. The van der Waals surface area contributed by atoms with Gasteiger partial charge in [0.05, 0.1) is 12.1 Å². The van der Waals surface area contributed by atoms with Crippen LogP contribution in [-0.4, -0.2) is 22.8 Å². The Labute approximate surface area is 105 Å². The van der Waals surface area contributed by atoms with Gasteiger partial charge in [-0.3, -0.25) is 4.98 Å². The van der Waals surface area contributed by atoms with E-state index in [0.29, 0.717) is 5.56 Å². The lowest BCUT2D eigenvalue weighted by Crippen LogP contribution is -2.30. The van der Waals surface area contributed by atoms with Crippen molar-refractivity contribution in [1.82, 2.24) is 4.98 Å². The van der Waals surface area contributed by atoms with Gasteiger partial charge < -0.3 is 10.8 Å². The molecular weight excluding hydrogens is 231 g/mol. The number of pyridine rings is 1. The van der Waals surface area contributed by atoms with Gasteiger partial charge in [-0.1, -0.05) is 24.3 Å². The lowest BCUT2D eigenvalue weighted by Gasteiger charge is -2.16. The standard InChI is InChI=1S/C14H15FN2O/c15-9-13(16)14(18)12-3-1-10(2-4-12)11-5-7-17-8-6-11/h1-8,13-14,18H,9,16H2/t13-,14-/m1/s1. The summed E-state index contributed by atoms with van der Waals surface area (Å²) in [6.07, 6.45) is 2.47. The van der Waals surface area contributed by atoms with E-state index in [1.54, 1.807) is 24.5 Å². The Morgan fingerprint density at radius 3 is 2.17 bits per heavy atom. The Balaban J connectivity index is 2.20. The number of aliphatic hydroxyl groups excluding tert-OH is 1. The van der Waals surface area contributed by atoms with Gasteiger partial charge in [-0.25, -0.2) is 4.39 Å². The molecule has 0 spiro atoms. The molecule has 2 aromatic rings. The second-order valence-electron chi connectivity index (χ2n) is 4.12. The molecule has 0 saturated heterocycles. The molecule has 1 heterocycles. The summed E-state index contributed by atoms with van der Waals surface area (Å²) in [4.78, 5) is 3.95. The summed E-state index contributed by atoms with van der Waals surface area (Å²) in [5.74, 6) is 0. The van der Waals surface area contributed by atoms with Crippen LogP contribution in [0.5, 0.6) is 0 Å². The van der Waals surface area contributed by atoms with Crippen molar-refractivity contribution in [3.63, 3.8) is 0 Å². The highest BCUT2D eigenvalue weighted by Gasteiger charge is 2.16. The highest BCUT2D eigenvalue weighted by Crippen LogP contribution is 2.22. The molecule has 18 heavy (non-hydrogen) atoms. The van der Waals surface area contributed by atoms with Crippen LogP contribution >= 0.6 is 0 Å². The molecule has 2 rings (SSSR count). The minimum atomic E-state index is -0.971. The van der Waals surface area contributed by atoms with Crippen molar-refractivity contribution in [2.75, 3.05) is 6.67 Å². The van der Waals surface area contributed by atoms with Gasteiger partial charge in [0, 0.05) is 12.4 Å². The van der Waals surface area contributed by atoms with Gasteiger partial charge in [-0.05, 0) is 28.8 Å². The van der Waals surface area contributed by atoms with Gasteiger partial charge in [0.1, 0.15) is 6.67 Å². The molecule has 2 atom stereocenters. The zero-order valence-corrected chi connectivity index (χ0v) is 9.83. The van der Waals surface area contributed by atoms with Crippen molar-refractivity contribution in [3.05, 3.63) is 54.4 Å². The number of aromatic nitrogens is 1. The number of nitrogens with two attached hydrogens (primary N) is 1. The van der Waals surface area contributed by atoms with E-state index in [1.807, 2.05) is 24.3 Å². The number of hydrogen-bond acceptors (Lipinski definition) is 3. The van der Waals surface area contributed by atoms with Crippen LogP contribution in [0.4, 0.5) is 4.39 Å². The molecule has 0 aliphatic rings. The lowest BCUT2D eigenvalue weighted by atomic mass is 10.00. The maximum atomic E-state index is 12.4. The summed E-state index contributed by atoms with van der Waals surface area (Å²) in [5, 5.41) is 9.78. The summed E-state index contributed by atoms with van der Waals surface area (Å²) in [6.45, 7) is -0.743. The molecule has 0 fully saturated rings. The summed E-state index contributed by atoms with van der Waals surface area (Å²) in [7, 11) is 0. The van der Waals surface area contributed by atoms with Gasteiger partial charge >= 0.3 is 0 Å². The first-order chi connectivity index (χ1) is 8.72. The van der Waals surface area contributed by atoms with Crippen LogP contribution in [0.3, 0.4) is 0 Å². The summed E-state index contributed by atoms with van der Waals surface area (Å²) < 4.78 is 12.4. The average molecular weight is 246 g/mol. The maximum absolute atomic E-state index is 12.4. The average Bonchev–Trinajstić information content (AvgIpc) is 2.47. The minimum Gasteiger partial charge on any atom is -0.387 e. The molecule has 3 nitrogen and oxygen atoms in total. The summed E-state index contributed by atoms with van der Waals surface area (Å²) in [6, 6.07) is 10.2. The minimum absolute atomic E-state index is 0.623. The normalized spacial score (nSPS) is 14.2. The Bertz CT molecular complexity index is 487. The SMILES string of the molecule is N[C@H](CF)[C@H](O)c1ccc(-c2ccncc2)cc1. The van der Waals surface area contributed by atoms with E-state index in [2.05, 4.69) is 4.98 Å². The Kier molecular flexibility index (Phi) is 4.02. The number of nitrogens with zero attached hydrogens (tertiary/aromatic N) is 1. The molecule has 0 amide bonds. The number of aliphatic hydroxyl groups is 1. The van der Waals surface area contributed by atoms with Crippen molar-refractivity contribution in [2.45, 2.75) is 12.1 Å². The molecule has 4 heteroatoms. The molecular formula is C14H15FN2O. The number of rotatable bonds is 4. The quantitative estimate of drug-likeness (QED) is 0.868. The first-order valence-corrected chi connectivity index (χ1v) is 5.72. The molecule has 0 aliphatic heterocycles. The number of benzene rings is 1. The second-order valence-corrected chi connectivity index (χ2v) is 4.12. The molecule has 1 aromatic heterocycles. The first kappa shape index (κ1) is 12.7. The molecule has 0 unspecified atom stereocenters. The molecule has 0 radical (unpaired) electrons. The zero-order chi connectivity index (χ0) is 13.0. The summed E-state index contributed by atoms with van der Waals surface area (Å²) >= 11 is 0. The maximum Gasteiger partial charge on any atom is 0.107 e. The lowest BCUT2D eigenvalue weighted by molar-refractivity contribution is 0.132. The Morgan fingerprint density at radius 1 is 1.06 bits per heavy atom. The predicted octanol–water partition coefficient (Wildman–Crippen LogP) is 2.08.